The molecule has 0 bridgehead atoms. The van der Waals surface area contributed by atoms with Crippen molar-refractivity contribution in [2.75, 3.05) is 11.9 Å². The molecular weight excluding hydrogens is 283 g/mol. The molecule has 0 radical (unpaired) electrons. The molecule has 0 aromatic carbocycles. The lowest BCUT2D eigenvalue weighted by Crippen LogP contribution is -2.63. The molecule has 0 amide bonds. The van der Waals surface area contributed by atoms with Gasteiger partial charge in [0.15, 0.2) is 5.15 Å². The number of rotatable bonds is 2. The van der Waals surface area contributed by atoms with E-state index in [0.717, 1.165) is 24.3 Å². The van der Waals surface area contributed by atoms with Crippen LogP contribution in [0.4, 0.5) is 5.69 Å². The molecule has 2 fully saturated rings. The van der Waals surface area contributed by atoms with E-state index >= 15 is 0 Å². The minimum Gasteiger partial charge on any atom is -0.379 e. The molecule has 1 N–H and O–H groups in total. The minimum absolute atomic E-state index is 0.122. The Bertz CT molecular complexity index is 495. The molecule has 5 heteroatoms. The number of nitrogens with one attached hydrogen (secondary N) is 1. The summed E-state index contributed by atoms with van der Waals surface area (Å²) in [6, 6.07) is 2.21. The summed E-state index contributed by atoms with van der Waals surface area (Å²) < 4.78 is 5.80. The molecule has 3 rings (SSSR count). The van der Waals surface area contributed by atoms with Crippen LogP contribution in [-0.4, -0.2) is 23.7 Å². The number of pyridine rings is 1. The van der Waals surface area contributed by atoms with E-state index in [9.17, 15) is 0 Å². The van der Waals surface area contributed by atoms with E-state index in [2.05, 4.69) is 24.1 Å². The molecule has 2 heterocycles. The largest absolute Gasteiger partial charge is 0.379 e. The SMILES string of the molecule is Cc1cc(Cl)nc(Cl)c1NC1C2CCOC2C1(C)C. The first-order chi connectivity index (χ1) is 8.91. The van der Waals surface area contributed by atoms with Crippen molar-refractivity contribution in [2.24, 2.45) is 11.3 Å². The van der Waals surface area contributed by atoms with Crippen LogP contribution in [0.5, 0.6) is 0 Å². The summed E-state index contributed by atoms with van der Waals surface area (Å²) in [5.74, 6) is 0.571. The van der Waals surface area contributed by atoms with Crippen molar-refractivity contribution in [3.8, 4) is 0 Å². The van der Waals surface area contributed by atoms with Crippen molar-refractivity contribution in [1.29, 1.82) is 0 Å². The maximum Gasteiger partial charge on any atom is 0.154 e. The number of fused-ring (bicyclic) bond motifs is 1. The van der Waals surface area contributed by atoms with Crippen molar-refractivity contribution in [3.63, 3.8) is 0 Å². The van der Waals surface area contributed by atoms with E-state index in [1.165, 1.54) is 0 Å². The number of aryl methyl sites for hydroxylation is 1. The Balaban J connectivity index is 1.86. The minimum atomic E-state index is 0.122. The van der Waals surface area contributed by atoms with Gasteiger partial charge < -0.3 is 10.1 Å². The number of hydrogen-bond acceptors (Lipinski definition) is 3. The molecule has 3 atom stereocenters. The van der Waals surface area contributed by atoms with Gasteiger partial charge in [-0.05, 0) is 25.0 Å². The van der Waals surface area contributed by atoms with Gasteiger partial charge in [-0.25, -0.2) is 4.98 Å². The Kier molecular flexibility index (Phi) is 3.19. The standard InChI is InChI=1S/C14H18Cl2N2O/c1-7-6-9(15)17-13(16)10(7)18-11-8-4-5-19-12(8)14(11,2)3/h6,8,11-12,18H,4-5H2,1-3H3. The summed E-state index contributed by atoms with van der Waals surface area (Å²) in [7, 11) is 0. The lowest BCUT2D eigenvalue weighted by molar-refractivity contribution is -0.0923. The smallest absolute Gasteiger partial charge is 0.154 e. The van der Waals surface area contributed by atoms with E-state index in [0.29, 0.717) is 28.4 Å². The molecule has 3 unspecified atom stereocenters. The second-order valence-electron chi connectivity index (χ2n) is 6.11. The van der Waals surface area contributed by atoms with E-state index < -0.39 is 0 Å². The first-order valence-electron chi connectivity index (χ1n) is 6.62. The highest BCUT2D eigenvalue weighted by molar-refractivity contribution is 6.34. The summed E-state index contributed by atoms with van der Waals surface area (Å²) in [4.78, 5) is 4.12. The normalized spacial score (nSPS) is 31.7. The number of hydrogen-bond donors (Lipinski definition) is 1. The van der Waals surface area contributed by atoms with E-state index in [1.54, 1.807) is 0 Å². The van der Waals surface area contributed by atoms with Crippen LogP contribution in [0.15, 0.2) is 6.07 Å². The highest BCUT2D eigenvalue weighted by atomic mass is 35.5. The average molecular weight is 301 g/mol. The van der Waals surface area contributed by atoms with Gasteiger partial charge in [0.25, 0.3) is 0 Å². The summed E-state index contributed by atoms with van der Waals surface area (Å²) in [6.07, 6.45) is 1.48. The zero-order valence-electron chi connectivity index (χ0n) is 11.3. The number of halogens is 2. The summed E-state index contributed by atoms with van der Waals surface area (Å²) in [5.41, 5.74) is 2.05. The zero-order chi connectivity index (χ0) is 13.8. The highest BCUT2D eigenvalue weighted by Gasteiger charge is 2.59. The van der Waals surface area contributed by atoms with Crippen LogP contribution in [0.2, 0.25) is 10.3 Å². The molecule has 3 nitrogen and oxygen atoms in total. The third kappa shape index (κ3) is 2.03. The van der Waals surface area contributed by atoms with Crippen LogP contribution < -0.4 is 5.32 Å². The van der Waals surface area contributed by atoms with Crippen LogP contribution in [0.1, 0.15) is 25.8 Å². The van der Waals surface area contributed by atoms with Crippen LogP contribution in [0, 0.1) is 18.3 Å². The lowest BCUT2D eigenvalue weighted by atomic mass is 9.57. The van der Waals surface area contributed by atoms with Gasteiger partial charge >= 0.3 is 0 Å². The fourth-order valence-corrected chi connectivity index (χ4v) is 4.13. The Hall–Kier alpha value is -0.510. The van der Waals surface area contributed by atoms with Crippen molar-refractivity contribution in [3.05, 3.63) is 21.9 Å². The Morgan fingerprint density at radius 2 is 2.16 bits per heavy atom. The third-order valence-corrected chi connectivity index (χ3v) is 5.01. The first kappa shape index (κ1) is 13.5. The van der Waals surface area contributed by atoms with Gasteiger partial charge in [0.2, 0.25) is 0 Å². The molecule has 19 heavy (non-hydrogen) atoms. The second-order valence-corrected chi connectivity index (χ2v) is 6.86. The lowest BCUT2D eigenvalue weighted by Gasteiger charge is -2.55. The number of anilines is 1. The van der Waals surface area contributed by atoms with Crippen molar-refractivity contribution < 1.29 is 4.74 Å². The summed E-state index contributed by atoms with van der Waals surface area (Å²) in [6.45, 7) is 7.34. The van der Waals surface area contributed by atoms with Gasteiger partial charge in [-0.3, -0.25) is 0 Å². The van der Waals surface area contributed by atoms with E-state index in [1.807, 2.05) is 13.0 Å². The molecule has 2 aliphatic rings. The third-order valence-electron chi connectivity index (χ3n) is 4.54. The Morgan fingerprint density at radius 3 is 2.84 bits per heavy atom. The van der Waals surface area contributed by atoms with Gasteiger partial charge in [0.1, 0.15) is 5.15 Å². The summed E-state index contributed by atoms with van der Waals surface area (Å²) >= 11 is 12.1. The maximum absolute atomic E-state index is 6.21. The van der Waals surface area contributed by atoms with Gasteiger partial charge in [0.05, 0.1) is 11.8 Å². The van der Waals surface area contributed by atoms with Gasteiger partial charge in [0, 0.05) is 24.0 Å². The topological polar surface area (TPSA) is 34.2 Å². The van der Waals surface area contributed by atoms with Gasteiger partial charge in [-0.15, -0.1) is 0 Å². The molecule has 1 aliphatic heterocycles. The quantitative estimate of drug-likeness (QED) is 0.841. The van der Waals surface area contributed by atoms with Crippen molar-refractivity contribution >= 4 is 28.9 Å². The second kappa shape index (κ2) is 4.51. The van der Waals surface area contributed by atoms with Crippen LogP contribution in [0.25, 0.3) is 0 Å². The zero-order valence-corrected chi connectivity index (χ0v) is 12.8. The van der Waals surface area contributed by atoms with E-state index in [-0.39, 0.29) is 5.41 Å². The first-order valence-corrected chi connectivity index (χ1v) is 7.37. The van der Waals surface area contributed by atoms with Gasteiger partial charge in [-0.2, -0.15) is 0 Å². The van der Waals surface area contributed by atoms with E-state index in [4.69, 9.17) is 27.9 Å². The molecule has 1 aromatic heterocycles. The van der Waals surface area contributed by atoms with Crippen LogP contribution >= 0.6 is 23.2 Å². The number of aromatic nitrogens is 1. The Labute approximate surface area is 123 Å². The fraction of sp³-hybridized carbons (Fsp3) is 0.643. The maximum atomic E-state index is 6.21. The molecule has 1 aromatic rings. The molecular formula is C14H18Cl2N2O. The Morgan fingerprint density at radius 1 is 1.42 bits per heavy atom. The molecule has 1 aliphatic carbocycles. The highest BCUT2D eigenvalue weighted by Crippen LogP contribution is 2.53. The predicted molar refractivity (Wildman–Crippen MR) is 78.0 cm³/mol. The molecule has 0 spiro atoms. The number of nitrogens with zero attached hydrogens (tertiary/aromatic N) is 1. The number of ether oxygens (including phenoxy) is 1. The van der Waals surface area contributed by atoms with Crippen molar-refractivity contribution in [2.45, 2.75) is 39.3 Å². The van der Waals surface area contributed by atoms with Crippen molar-refractivity contribution in [1.82, 2.24) is 4.98 Å². The molecule has 1 saturated heterocycles. The van der Waals surface area contributed by atoms with Crippen LogP contribution in [-0.2, 0) is 4.74 Å². The molecule has 104 valence electrons. The van der Waals surface area contributed by atoms with Crippen LogP contribution in [0.3, 0.4) is 0 Å². The predicted octanol–water partition coefficient (Wildman–Crippen LogP) is 3.92. The van der Waals surface area contributed by atoms with Gasteiger partial charge in [-0.1, -0.05) is 37.0 Å². The monoisotopic (exact) mass is 300 g/mol. The summed E-state index contributed by atoms with van der Waals surface area (Å²) in [5, 5.41) is 4.45. The molecule has 1 saturated carbocycles. The average Bonchev–Trinajstić information content (AvgIpc) is 2.74. The fourth-order valence-electron chi connectivity index (χ4n) is 3.54.